The average molecular weight is 309 g/mol. The van der Waals surface area contributed by atoms with Gasteiger partial charge in [-0.2, -0.15) is 0 Å². The van der Waals surface area contributed by atoms with Crippen LogP contribution in [-0.4, -0.2) is 18.8 Å². The van der Waals surface area contributed by atoms with Crippen molar-refractivity contribution in [3.8, 4) is 0 Å². The van der Waals surface area contributed by atoms with Crippen LogP contribution in [0.25, 0.3) is 0 Å². The maximum atomic E-state index is 5.99. The number of para-hydroxylation sites is 1. The quantitative estimate of drug-likeness (QED) is 0.864. The maximum Gasteiger partial charge on any atom is 0.0635 e. The summed E-state index contributed by atoms with van der Waals surface area (Å²) in [6.45, 7) is 8.31. The molecule has 2 aromatic carbocycles. The molecule has 23 heavy (non-hydrogen) atoms. The monoisotopic (exact) mass is 309 g/mol. The number of ether oxygens (including phenoxy) is 1. The molecule has 0 spiro atoms. The largest absolute Gasteiger partial charge is 0.384 e. The molecule has 2 heteroatoms. The predicted molar refractivity (Wildman–Crippen MR) is 97.1 cm³/mol. The topological polar surface area (TPSA) is 21.3 Å². The van der Waals surface area contributed by atoms with Crippen LogP contribution in [0.3, 0.4) is 0 Å². The third-order valence-corrected chi connectivity index (χ3v) is 4.91. The first-order chi connectivity index (χ1) is 11.0. The summed E-state index contributed by atoms with van der Waals surface area (Å²) in [6.07, 6.45) is 2.09. The van der Waals surface area contributed by atoms with Crippen LogP contribution < -0.4 is 5.32 Å². The maximum absolute atomic E-state index is 5.99. The molecule has 0 amide bonds. The van der Waals surface area contributed by atoms with E-state index in [1.165, 1.54) is 16.8 Å². The van der Waals surface area contributed by atoms with Gasteiger partial charge in [-0.15, -0.1) is 0 Å². The molecule has 2 aromatic rings. The van der Waals surface area contributed by atoms with Crippen LogP contribution >= 0.6 is 0 Å². The van der Waals surface area contributed by atoms with Crippen molar-refractivity contribution in [3.63, 3.8) is 0 Å². The molecule has 1 heterocycles. The first-order valence-corrected chi connectivity index (χ1v) is 8.49. The van der Waals surface area contributed by atoms with E-state index in [-0.39, 0.29) is 11.0 Å². The number of benzene rings is 2. The van der Waals surface area contributed by atoms with Crippen molar-refractivity contribution in [2.45, 2.75) is 44.6 Å². The van der Waals surface area contributed by atoms with E-state index in [0.717, 1.165) is 26.0 Å². The zero-order chi connectivity index (χ0) is 16.3. The van der Waals surface area contributed by atoms with Gasteiger partial charge < -0.3 is 10.1 Å². The summed E-state index contributed by atoms with van der Waals surface area (Å²) in [4.78, 5) is 0. The number of anilines is 1. The first-order valence-electron chi connectivity index (χ1n) is 8.49. The van der Waals surface area contributed by atoms with Gasteiger partial charge in [-0.3, -0.25) is 0 Å². The highest BCUT2D eigenvalue weighted by molar-refractivity contribution is 5.44. The Kier molecular flexibility index (Phi) is 4.45. The Hall–Kier alpha value is -1.80. The van der Waals surface area contributed by atoms with Gasteiger partial charge in [-0.25, -0.2) is 0 Å². The van der Waals surface area contributed by atoms with E-state index in [4.69, 9.17) is 4.74 Å². The Labute approximate surface area is 139 Å². The second kappa shape index (κ2) is 6.37. The van der Waals surface area contributed by atoms with E-state index in [0.29, 0.717) is 0 Å². The van der Waals surface area contributed by atoms with E-state index in [1.54, 1.807) is 0 Å². The van der Waals surface area contributed by atoms with Gasteiger partial charge in [0.2, 0.25) is 0 Å². The van der Waals surface area contributed by atoms with Gasteiger partial charge in [0.1, 0.15) is 0 Å². The predicted octanol–water partition coefficient (Wildman–Crippen LogP) is 4.93. The molecule has 1 aliphatic heterocycles. The molecule has 2 nitrogen and oxygen atoms in total. The Balaban J connectivity index is 1.88. The lowest BCUT2D eigenvalue weighted by Crippen LogP contribution is -2.47. The van der Waals surface area contributed by atoms with E-state index in [9.17, 15) is 0 Å². The number of hydrogen-bond acceptors (Lipinski definition) is 2. The van der Waals surface area contributed by atoms with Crippen molar-refractivity contribution in [2.75, 3.05) is 18.5 Å². The lowest BCUT2D eigenvalue weighted by Gasteiger charge is -2.45. The van der Waals surface area contributed by atoms with Crippen LogP contribution in [0.15, 0.2) is 54.6 Å². The Morgan fingerprint density at radius 1 is 1.00 bits per heavy atom. The van der Waals surface area contributed by atoms with Crippen molar-refractivity contribution in [3.05, 3.63) is 65.7 Å². The van der Waals surface area contributed by atoms with Gasteiger partial charge in [-0.05, 0) is 51.3 Å². The molecule has 1 N–H and O–H groups in total. The van der Waals surface area contributed by atoms with E-state index < -0.39 is 0 Å². The van der Waals surface area contributed by atoms with Crippen molar-refractivity contribution < 1.29 is 4.74 Å². The summed E-state index contributed by atoms with van der Waals surface area (Å²) < 4.78 is 5.99. The number of hydrogen-bond donors (Lipinski definition) is 1. The molecule has 0 bridgehead atoms. The van der Waals surface area contributed by atoms with Crippen molar-refractivity contribution >= 4 is 5.69 Å². The van der Waals surface area contributed by atoms with Gasteiger partial charge in [0.25, 0.3) is 0 Å². The van der Waals surface area contributed by atoms with E-state index >= 15 is 0 Å². The van der Waals surface area contributed by atoms with Gasteiger partial charge in [-0.1, -0.05) is 48.0 Å². The Bertz CT molecular complexity index is 633. The SMILES string of the molecule is Cc1ccc(C2(CNc3ccccc3)CCOC(C)(C)C2)cc1. The fourth-order valence-electron chi connectivity index (χ4n) is 3.71. The van der Waals surface area contributed by atoms with Crippen LogP contribution in [0.5, 0.6) is 0 Å². The zero-order valence-electron chi connectivity index (χ0n) is 14.4. The van der Waals surface area contributed by atoms with Crippen LogP contribution in [0.4, 0.5) is 5.69 Å². The molecule has 1 fully saturated rings. The number of rotatable bonds is 4. The lowest BCUT2D eigenvalue weighted by atomic mass is 9.69. The second-order valence-corrected chi connectivity index (χ2v) is 7.40. The van der Waals surface area contributed by atoms with Gasteiger partial charge in [0.15, 0.2) is 0 Å². The molecule has 1 saturated heterocycles. The van der Waals surface area contributed by atoms with Crippen LogP contribution in [-0.2, 0) is 10.2 Å². The van der Waals surface area contributed by atoms with E-state index in [2.05, 4.69) is 80.7 Å². The fraction of sp³-hybridized carbons (Fsp3) is 0.429. The van der Waals surface area contributed by atoms with Gasteiger partial charge >= 0.3 is 0 Å². The first kappa shape index (κ1) is 16.1. The molecule has 0 saturated carbocycles. The molecule has 0 radical (unpaired) electrons. The number of aryl methyl sites for hydroxylation is 1. The highest BCUT2D eigenvalue weighted by Gasteiger charge is 2.42. The minimum absolute atomic E-state index is 0.0818. The van der Waals surface area contributed by atoms with Crippen LogP contribution in [0.1, 0.15) is 37.8 Å². The summed E-state index contributed by atoms with van der Waals surface area (Å²) >= 11 is 0. The third kappa shape index (κ3) is 3.76. The van der Waals surface area contributed by atoms with Crippen molar-refractivity contribution in [1.29, 1.82) is 0 Å². The molecule has 1 aliphatic rings. The minimum atomic E-state index is -0.0818. The summed E-state index contributed by atoms with van der Waals surface area (Å²) in [6, 6.07) is 19.5. The molecule has 0 aliphatic carbocycles. The number of nitrogens with one attached hydrogen (secondary N) is 1. The Morgan fingerprint density at radius 3 is 2.35 bits per heavy atom. The Morgan fingerprint density at radius 2 is 1.70 bits per heavy atom. The average Bonchev–Trinajstić information content (AvgIpc) is 2.54. The summed E-state index contributed by atoms with van der Waals surface area (Å²) in [5, 5.41) is 3.65. The van der Waals surface area contributed by atoms with Crippen molar-refractivity contribution in [2.24, 2.45) is 0 Å². The summed E-state index contributed by atoms with van der Waals surface area (Å²) in [5.41, 5.74) is 3.95. The fourth-order valence-corrected chi connectivity index (χ4v) is 3.71. The zero-order valence-corrected chi connectivity index (χ0v) is 14.4. The minimum Gasteiger partial charge on any atom is -0.384 e. The molecule has 1 unspecified atom stereocenters. The molecule has 1 atom stereocenters. The third-order valence-electron chi connectivity index (χ3n) is 4.91. The lowest BCUT2D eigenvalue weighted by molar-refractivity contribution is -0.0798. The van der Waals surface area contributed by atoms with Crippen molar-refractivity contribution in [1.82, 2.24) is 0 Å². The highest BCUT2D eigenvalue weighted by Crippen LogP contribution is 2.41. The van der Waals surface area contributed by atoms with Crippen LogP contribution in [0, 0.1) is 6.92 Å². The second-order valence-electron chi connectivity index (χ2n) is 7.40. The van der Waals surface area contributed by atoms with Crippen LogP contribution in [0.2, 0.25) is 0 Å². The molecular formula is C21H27NO. The van der Waals surface area contributed by atoms with E-state index in [1.807, 2.05) is 0 Å². The van der Waals surface area contributed by atoms with Gasteiger partial charge in [0.05, 0.1) is 5.60 Å². The summed E-state index contributed by atoms with van der Waals surface area (Å²) in [7, 11) is 0. The normalized spacial score (nSPS) is 23.4. The highest BCUT2D eigenvalue weighted by atomic mass is 16.5. The molecule has 0 aromatic heterocycles. The molecular weight excluding hydrogens is 282 g/mol. The molecule has 122 valence electrons. The smallest absolute Gasteiger partial charge is 0.0635 e. The standard InChI is InChI=1S/C21H27NO/c1-17-9-11-18(12-10-17)21(13-14-23-20(2,3)15-21)16-22-19-7-5-4-6-8-19/h4-12,22H,13-16H2,1-3H3. The van der Waals surface area contributed by atoms with Gasteiger partial charge in [0, 0.05) is 24.3 Å². The molecule has 3 rings (SSSR count). The summed E-state index contributed by atoms with van der Waals surface area (Å²) in [5.74, 6) is 0.